The fraction of sp³-hybridized carbons (Fsp3) is 0.333. The standard InChI is InChI=1S/C27H31F3N6O5S/c1-17(32-14-25(37)35-9-8-24(31)33-16-35)10-18-6-7-22-20(11-18)13-23(26(38)39)36(22)15-19-4-3-5-21(12-19)42(40,41)34(2)27(28,29)30/h3-9,11-13,17,25,32,37H,10,14-16H2,1-2H3,(H2,31,33)(H,38,39). The lowest BCUT2D eigenvalue weighted by atomic mass is 10.1. The van der Waals surface area contributed by atoms with Gasteiger partial charge in [0.25, 0.3) is 0 Å². The lowest BCUT2D eigenvalue weighted by Gasteiger charge is -2.28. The van der Waals surface area contributed by atoms with Gasteiger partial charge in [0.2, 0.25) is 10.0 Å². The third-order valence-corrected chi connectivity index (χ3v) is 8.64. The van der Waals surface area contributed by atoms with Crippen LogP contribution in [0.2, 0.25) is 0 Å². The first-order valence-corrected chi connectivity index (χ1v) is 14.3. The highest BCUT2D eigenvalue weighted by atomic mass is 32.2. The van der Waals surface area contributed by atoms with Gasteiger partial charge >= 0.3 is 12.3 Å². The number of nitrogens with two attached hydrogens (primary N) is 1. The maximum atomic E-state index is 13.1. The van der Waals surface area contributed by atoms with Crippen molar-refractivity contribution in [2.45, 2.75) is 43.4 Å². The summed E-state index contributed by atoms with van der Waals surface area (Å²) in [5.74, 6) is -0.819. The maximum absolute atomic E-state index is 13.1. The number of hydrogen-bond acceptors (Lipinski definition) is 8. The molecule has 15 heteroatoms. The van der Waals surface area contributed by atoms with Crippen LogP contribution < -0.4 is 11.1 Å². The topological polar surface area (TPSA) is 153 Å². The van der Waals surface area contributed by atoms with Crippen molar-refractivity contribution in [3.63, 3.8) is 0 Å². The highest BCUT2D eigenvalue weighted by Crippen LogP contribution is 2.28. The molecule has 2 unspecified atom stereocenters. The van der Waals surface area contributed by atoms with Crippen LogP contribution in [0.3, 0.4) is 0 Å². The summed E-state index contributed by atoms with van der Waals surface area (Å²) in [7, 11) is -4.43. The molecular weight excluding hydrogens is 577 g/mol. The number of aliphatic hydroxyl groups excluding tert-OH is 1. The van der Waals surface area contributed by atoms with Gasteiger partial charge in [-0.25, -0.2) is 18.2 Å². The first-order valence-electron chi connectivity index (χ1n) is 12.8. The summed E-state index contributed by atoms with van der Waals surface area (Å²) in [5, 5.41) is 24.1. The fourth-order valence-electron chi connectivity index (χ4n) is 4.55. The number of aromatic carboxylic acids is 1. The van der Waals surface area contributed by atoms with E-state index in [1.807, 2.05) is 19.1 Å². The highest BCUT2D eigenvalue weighted by molar-refractivity contribution is 7.89. The Hall–Kier alpha value is -3.92. The molecule has 0 amide bonds. The minimum absolute atomic E-state index is 0.0417. The van der Waals surface area contributed by atoms with Crippen LogP contribution in [-0.4, -0.2) is 83.0 Å². The summed E-state index contributed by atoms with van der Waals surface area (Å²) >= 11 is 0. The number of alkyl halides is 3. The third-order valence-electron chi connectivity index (χ3n) is 6.87. The number of carboxylic acids is 1. The summed E-state index contributed by atoms with van der Waals surface area (Å²) in [6.45, 7) is 2.39. The average Bonchev–Trinajstić information content (AvgIpc) is 3.29. The second-order valence-corrected chi connectivity index (χ2v) is 11.9. The Morgan fingerprint density at radius 2 is 1.93 bits per heavy atom. The number of aromatic nitrogens is 1. The second kappa shape index (κ2) is 12.1. The molecule has 0 fully saturated rings. The van der Waals surface area contributed by atoms with Crippen molar-refractivity contribution in [1.29, 1.82) is 0 Å². The van der Waals surface area contributed by atoms with Gasteiger partial charge in [-0.3, -0.25) is 0 Å². The molecule has 2 atom stereocenters. The van der Waals surface area contributed by atoms with Crippen molar-refractivity contribution >= 4 is 32.7 Å². The molecule has 2 aromatic carbocycles. The van der Waals surface area contributed by atoms with Gasteiger partial charge in [-0.1, -0.05) is 18.2 Å². The molecule has 0 spiro atoms. The molecule has 3 aromatic rings. The number of carboxylic acid groups (broad SMARTS) is 1. The molecule has 5 N–H and O–H groups in total. The third kappa shape index (κ3) is 6.92. The van der Waals surface area contributed by atoms with E-state index in [0.29, 0.717) is 35.8 Å². The van der Waals surface area contributed by atoms with Gasteiger partial charge in [-0.2, -0.15) is 13.2 Å². The van der Waals surface area contributed by atoms with E-state index < -0.39 is 37.7 Å². The number of aliphatic imine (C=N–C) groups is 1. The Kier molecular flexibility index (Phi) is 8.96. The molecule has 0 aliphatic carbocycles. The lowest BCUT2D eigenvalue weighted by Crippen LogP contribution is -2.44. The molecule has 1 aliphatic rings. The Morgan fingerprint density at radius 3 is 2.57 bits per heavy atom. The van der Waals surface area contributed by atoms with Gasteiger partial charge in [-0.15, -0.1) is 4.31 Å². The van der Waals surface area contributed by atoms with Crippen LogP contribution in [0.1, 0.15) is 28.5 Å². The average molecular weight is 609 g/mol. The van der Waals surface area contributed by atoms with Crippen LogP contribution in [0.15, 0.2) is 70.7 Å². The van der Waals surface area contributed by atoms with Gasteiger partial charge in [-0.05, 0) is 60.9 Å². The monoisotopic (exact) mass is 608 g/mol. The molecular formula is C27H31F3N6O5S. The lowest BCUT2D eigenvalue weighted by molar-refractivity contribution is -0.202. The van der Waals surface area contributed by atoms with E-state index in [9.17, 15) is 36.6 Å². The molecule has 11 nitrogen and oxygen atoms in total. The molecule has 2 heterocycles. The Labute approximate surface area is 240 Å². The first-order chi connectivity index (χ1) is 19.7. The van der Waals surface area contributed by atoms with Gasteiger partial charge < -0.3 is 30.7 Å². The number of aliphatic hydroxyl groups is 1. The first kappa shape index (κ1) is 31.0. The summed E-state index contributed by atoms with van der Waals surface area (Å²) in [6, 6.07) is 11.9. The molecule has 1 aromatic heterocycles. The van der Waals surface area contributed by atoms with Crippen LogP contribution in [0.5, 0.6) is 0 Å². The van der Waals surface area contributed by atoms with Gasteiger partial charge in [0, 0.05) is 43.3 Å². The Balaban J connectivity index is 1.51. The van der Waals surface area contributed by atoms with Gasteiger partial charge in [0.05, 0.1) is 4.90 Å². The van der Waals surface area contributed by atoms with Crippen LogP contribution in [0.25, 0.3) is 10.9 Å². The molecule has 0 bridgehead atoms. The summed E-state index contributed by atoms with van der Waals surface area (Å²) in [5.41, 5.74) is 7.32. The van der Waals surface area contributed by atoms with E-state index in [-0.39, 0.29) is 31.5 Å². The number of halogens is 3. The number of rotatable bonds is 11. The Morgan fingerprint density at radius 1 is 1.19 bits per heavy atom. The van der Waals surface area contributed by atoms with E-state index in [1.165, 1.54) is 22.8 Å². The number of amidine groups is 1. The van der Waals surface area contributed by atoms with Crippen molar-refractivity contribution in [2.24, 2.45) is 10.7 Å². The molecule has 4 rings (SSSR count). The van der Waals surface area contributed by atoms with E-state index in [2.05, 4.69) is 10.3 Å². The zero-order valence-corrected chi connectivity index (χ0v) is 23.6. The number of carbonyl (C=O) groups is 1. The van der Waals surface area contributed by atoms with E-state index in [0.717, 1.165) is 17.7 Å². The number of fused-ring (bicyclic) bond motifs is 1. The molecule has 42 heavy (non-hydrogen) atoms. The van der Waals surface area contributed by atoms with Crippen LogP contribution in [0, 0.1) is 0 Å². The van der Waals surface area contributed by atoms with E-state index in [1.54, 1.807) is 23.2 Å². The van der Waals surface area contributed by atoms with Crippen molar-refractivity contribution in [2.75, 3.05) is 20.3 Å². The molecule has 0 radical (unpaired) electrons. The fourth-order valence-corrected chi connectivity index (χ4v) is 5.69. The largest absolute Gasteiger partial charge is 0.477 e. The van der Waals surface area contributed by atoms with E-state index in [4.69, 9.17) is 5.73 Å². The minimum atomic E-state index is -5.10. The number of benzene rings is 2. The number of nitrogens with one attached hydrogen (secondary N) is 1. The van der Waals surface area contributed by atoms with Crippen molar-refractivity contribution in [3.8, 4) is 0 Å². The second-order valence-electron chi connectivity index (χ2n) is 9.95. The Bertz CT molecular complexity index is 1640. The predicted molar refractivity (Wildman–Crippen MR) is 150 cm³/mol. The highest BCUT2D eigenvalue weighted by Gasteiger charge is 2.43. The number of hydrogen-bond donors (Lipinski definition) is 4. The normalized spacial score (nSPS) is 15.7. The molecule has 226 valence electrons. The quantitative estimate of drug-likeness (QED) is 0.242. The van der Waals surface area contributed by atoms with Gasteiger partial charge in [0.1, 0.15) is 24.4 Å². The maximum Gasteiger partial charge on any atom is 0.473 e. The molecule has 0 saturated carbocycles. The van der Waals surface area contributed by atoms with Gasteiger partial charge in [0.15, 0.2) is 0 Å². The van der Waals surface area contributed by atoms with Crippen LogP contribution in [-0.2, 0) is 23.0 Å². The van der Waals surface area contributed by atoms with Crippen molar-refractivity contribution in [3.05, 3.63) is 77.6 Å². The molecule has 1 aliphatic heterocycles. The minimum Gasteiger partial charge on any atom is -0.477 e. The zero-order valence-electron chi connectivity index (χ0n) is 22.8. The summed E-state index contributed by atoms with van der Waals surface area (Å²) in [4.78, 5) is 17.2. The predicted octanol–water partition coefficient (Wildman–Crippen LogP) is 2.51. The summed E-state index contributed by atoms with van der Waals surface area (Å²) in [6.07, 6.45) is -2.05. The van der Waals surface area contributed by atoms with Crippen molar-refractivity contribution in [1.82, 2.24) is 19.1 Å². The SMILES string of the molecule is CC(Cc1ccc2c(c1)cc(C(=O)O)n2Cc1cccc(S(=O)(=O)N(C)C(F)(F)F)c1)NCC(O)N1C=CC(N)=NC1. The van der Waals surface area contributed by atoms with Crippen LogP contribution in [0.4, 0.5) is 13.2 Å². The zero-order chi connectivity index (χ0) is 30.8. The van der Waals surface area contributed by atoms with Crippen molar-refractivity contribution < 1.29 is 36.6 Å². The van der Waals surface area contributed by atoms with E-state index >= 15 is 0 Å². The smallest absolute Gasteiger partial charge is 0.473 e. The number of nitrogens with zero attached hydrogens (tertiary/aromatic N) is 4. The molecule has 0 saturated heterocycles. The number of sulfonamides is 1. The van der Waals surface area contributed by atoms with Crippen LogP contribution >= 0.6 is 0 Å². The summed E-state index contributed by atoms with van der Waals surface area (Å²) < 4.78 is 65.0.